The number of halogens is 3. The maximum absolute atomic E-state index is 13.7. The fourth-order valence-corrected chi connectivity index (χ4v) is 2.36. The fraction of sp³-hybridized carbons (Fsp3) is 0.0833. The Labute approximate surface area is 119 Å². The lowest BCUT2D eigenvalue weighted by Crippen LogP contribution is -2.01. The van der Waals surface area contributed by atoms with Crippen LogP contribution in [0.4, 0.5) is 4.39 Å². The molecule has 0 spiro atoms. The van der Waals surface area contributed by atoms with Crippen molar-refractivity contribution in [3.05, 3.63) is 56.5 Å². The van der Waals surface area contributed by atoms with Gasteiger partial charge in [-0.05, 0) is 34.1 Å². The number of hydrogen-bond donors (Lipinski definition) is 1. The third kappa shape index (κ3) is 2.81. The monoisotopic (exact) mass is 375 g/mol. The van der Waals surface area contributed by atoms with E-state index in [-0.39, 0.29) is 17.9 Å². The highest BCUT2D eigenvalue weighted by Crippen LogP contribution is 2.20. The molecule has 3 nitrogen and oxygen atoms in total. The molecule has 0 amide bonds. The van der Waals surface area contributed by atoms with Gasteiger partial charge in [-0.2, -0.15) is 0 Å². The number of hydrogen-bond acceptors (Lipinski definition) is 1. The number of aromatic nitrogens is 1. The minimum atomic E-state index is -1.01. The second-order valence-corrected chi connectivity index (χ2v) is 5.45. The van der Waals surface area contributed by atoms with Crippen molar-refractivity contribution in [3.63, 3.8) is 0 Å². The Morgan fingerprint density at radius 1 is 1.33 bits per heavy atom. The zero-order valence-corrected chi connectivity index (χ0v) is 12.2. The molecule has 0 aliphatic heterocycles. The van der Waals surface area contributed by atoms with Gasteiger partial charge >= 0.3 is 5.97 Å². The molecule has 0 bridgehead atoms. The van der Waals surface area contributed by atoms with Gasteiger partial charge in [-0.1, -0.05) is 22.0 Å². The Bertz CT molecular complexity index is 610. The lowest BCUT2D eigenvalue weighted by Gasteiger charge is -2.06. The number of carbonyl (C=O) groups is 1. The lowest BCUT2D eigenvalue weighted by molar-refractivity contribution is 0.0697. The molecule has 1 aromatic carbocycles. The molecule has 1 N–H and O–H groups in total. The van der Waals surface area contributed by atoms with E-state index in [0.29, 0.717) is 14.6 Å². The number of carboxylic acid groups (broad SMARTS) is 1. The Hall–Kier alpha value is -1.14. The summed E-state index contributed by atoms with van der Waals surface area (Å²) in [5.41, 5.74) is 0.658. The van der Waals surface area contributed by atoms with E-state index >= 15 is 0 Å². The standard InChI is InChI=1S/C12H8Br2FNO2/c13-9-2-1-7(10(15)4-9)5-16-6-8(12(17)18)3-11(16)14/h1-4,6H,5H2,(H,17,18). The van der Waals surface area contributed by atoms with Crippen molar-refractivity contribution in [3.8, 4) is 0 Å². The van der Waals surface area contributed by atoms with Gasteiger partial charge in [0, 0.05) is 16.2 Å². The summed E-state index contributed by atoms with van der Waals surface area (Å²) < 4.78 is 16.6. The summed E-state index contributed by atoms with van der Waals surface area (Å²) >= 11 is 6.44. The summed E-state index contributed by atoms with van der Waals surface area (Å²) in [5, 5.41) is 8.87. The van der Waals surface area contributed by atoms with E-state index in [9.17, 15) is 9.18 Å². The van der Waals surface area contributed by atoms with Gasteiger partial charge in [0.1, 0.15) is 5.82 Å². The molecule has 0 saturated heterocycles. The molecular formula is C12H8Br2FNO2. The Morgan fingerprint density at radius 2 is 2.06 bits per heavy atom. The molecule has 2 aromatic rings. The quantitative estimate of drug-likeness (QED) is 0.882. The molecule has 0 unspecified atom stereocenters. The molecule has 1 heterocycles. The topological polar surface area (TPSA) is 42.2 Å². The molecule has 1 aromatic heterocycles. The normalized spacial score (nSPS) is 10.6. The highest BCUT2D eigenvalue weighted by Gasteiger charge is 2.11. The Morgan fingerprint density at radius 3 is 2.61 bits per heavy atom. The van der Waals surface area contributed by atoms with Crippen molar-refractivity contribution in [2.45, 2.75) is 6.54 Å². The first kappa shape index (κ1) is 13.3. The van der Waals surface area contributed by atoms with Gasteiger partial charge in [0.15, 0.2) is 0 Å². The van der Waals surface area contributed by atoms with Crippen LogP contribution in [-0.2, 0) is 6.54 Å². The minimum Gasteiger partial charge on any atom is -0.478 e. The molecule has 0 saturated carbocycles. The van der Waals surface area contributed by atoms with Crippen LogP contribution >= 0.6 is 31.9 Å². The van der Waals surface area contributed by atoms with Gasteiger partial charge in [0.25, 0.3) is 0 Å². The lowest BCUT2D eigenvalue weighted by atomic mass is 10.2. The second-order valence-electron chi connectivity index (χ2n) is 3.72. The average molecular weight is 377 g/mol. The molecule has 18 heavy (non-hydrogen) atoms. The summed E-state index contributed by atoms with van der Waals surface area (Å²) in [6.45, 7) is 0.271. The van der Waals surface area contributed by atoms with Crippen molar-refractivity contribution in [2.75, 3.05) is 0 Å². The summed E-state index contributed by atoms with van der Waals surface area (Å²) in [6, 6.07) is 6.27. The first-order chi connectivity index (χ1) is 8.47. The van der Waals surface area contributed by atoms with Crippen LogP contribution in [0.1, 0.15) is 15.9 Å². The number of benzene rings is 1. The summed E-state index contributed by atoms with van der Waals surface area (Å²) in [4.78, 5) is 10.8. The van der Waals surface area contributed by atoms with Gasteiger partial charge < -0.3 is 9.67 Å². The van der Waals surface area contributed by atoms with E-state index < -0.39 is 5.97 Å². The van der Waals surface area contributed by atoms with Crippen LogP contribution in [0.3, 0.4) is 0 Å². The molecule has 0 fully saturated rings. The largest absolute Gasteiger partial charge is 0.478 e. The van der Waals surface area contributed by atoms with E-state index in [1.807, 2.05) is 0 Å². The number of nitrogens with zero attached hydrogens (tertiary/aromatic N) is 1. The molecule has 0 radical (unpaired) electrons. The number of carboxylic acids is 1. The van der Waals surface area contributed by atoms with Crippen molar-refractivity contribution in [1.29, 1.82) is 0 Å². The Kier molecular flexibility index (Phi) is 3.87. The number of rotatable bonds is 3. The van der Waals surface area contributed by atoms with E-state index in [1.165, 1.54) is 18.3 Å². The van der Waals surface area contributed by atoms with Crippen molar-refractivity contribution >= 4 is 37.8 Å². The first-order valence-corrected chi connectivity index (χ1v) is 6.59. The average Bonchev–Trinajstić information content (AvgIpc) is 2.64. The van der Waals surface area contributed by atoms with Crippen LogP contribution in [-0.4, -0.2) is 15.6 Å². The highest BCUT2D eigenvalue weighted by molar-refractivity contribution is 9.10. The third-order valence-corrected chi connectivity index (χ3v) is 3.62. The van der Waals surface area contributed by atoms with E-state index in [0.717, 1.165) is 0 Å². The molecule has 6 heteroatoms. The van der Waals surface area contributed by atoms with E-state index in [4.69, 9.17) is 5.11 Å². The fourth-order valence-electron chi connectivity index (χ4n) is 1.55. The van der Waals surface area contributed by atoms with Crippen LogP contribution in [0.2, 0.25) is 0 Å². The third-order valence-electron chi connectivity index (χ3n) is 2.45. The zero-order chi connectivity index (χ0) is 13.3. The van der Waals surface area contributed by atoms with Crippen LogP contribution in [0.5, 0.6) is 0 Å². The smallest absolute Gasteiger partial charge is 0.337 e. The predicted octanol–water partition coefficient (Wildman–Crippen LogP) is 3.90. The van der Waals surface area contributed by atoms with Gasteiger partial charge in [-0.15, -0.1) is 0 Å². The SMILES string of the molecule is O=C(O)c1cc(Br)n(Cc2ccc(Br)cc2F)c1. The molecule has 0 aliphatic rings. The van der Waals surface area contributed by atoms with Gasteiger partial charge in [0.2, 0.25) is 0 Å². The van der Waals surface area contributed by atoms with Gasteiger partial charge in [-0.3, -0.25) is 0 Å². The zero-order valence-electron chi connectivity index (χ0n) is 9.03. The maximum atomic E-state index is 13.7. The minimum absolute atomic E-state index is 0.166. The Balaban J connectivity index is 2.31. The summed E-state index contributed by atoms with van der Waals surface area (Å²) in [5.74, 6) is -1.34. The van der Waals surface area contributed by atoms with Crippen molar-refractivity contribution < 1.29 is 14.3 Å². The van der Waals surface area contributed by atoms with Crippen LogP contribution in [0.25, 0.3) is 0 Å². The van der Waals surface area contributed by atoms with Crippen LogP contribution in [0, 0.1) is 5.82 Å². The maximum Gasteiger partial charge on any atom is 0.337 e. The second kappa shape index (κ2) is 5.24. The van der Waals surface area contributed by atoms with E-state index in [1.54, 1.807) is 16.7 Å². The van der Waals surface area contributed by atoms with E-state index in [2.05, 4.69) is 31.9 Å². The van der Waals surface area contributed by atoms with Gasteiger partial charge in [-0.25, -0.2) is 9.18 Å². The van der Waals surface area contributed by atoms with Crippen LogP contribution in [0.15, 0.2) is 39.5 Å². The van der Waals surface area contributed by atoms with Gasteiger partial charge in [0.05, 0.1) is 16.7 Å². The summed E-state index contributed by atoms with van der Waals surface area (Å²) in [7, 11) is 0. The summed E-state index contributed by atoms with van der Waals surface area (Å²) in [6.07, 6.45) is 1.47. The predicted molar refractivity (Wildman–Crippen MR) is 72.3 cm³/mol. The molecule has 2 rings (SSSR count). The molecule has 0 atom stereocenters. The van der Waals surface area contributed by atoms with Crippen LogP contribution < -0.4 is 0 Å². The van der Waals surface area contributed by atoms with Crippen molar-refractivity contribution in [2.24, 2.45) is 0 Å². The number of aromatic carboxylic acids is 1. The first-order valence-electron chi connectivity index (χ1n) is 5.00. The molecule has 0 aliphatic carbocycles. The molecule has 94 valence electrons. The van der Waals surface area contributed by atoms with Crippen molar-refractivity contribution in [1.82, 2.24) is 4.57 Å². The molecular weight excluding hydrogens is 369 g/mol. The highest BCUT2D eigenvalue weighted by atomic mass is 79.9.